The molecule has 7 nitrogen and oxygen atoms in total. The molecule has 0 bridgehead atoms. The van der Waals surface area contributed by atoms with E-state index >= 15 is 0 Å². The second-order valence-electron chi connectivity index (χ2n) is 5.85. The molecule has 3 aromatic rings. The summed E-state index contributed by atoms with van der Waals surface area (Å²) >= 11 is 0. The molecule has 144 valence electrons. The summed E-state index contributed by atoms with van der Waals surface area (Å²) in [4.78, 5) is 11.9. The Morgan fingerprint density at radius 1 is 1.04 bits per heavy atom. The van der Waals surface area contributed by atoms with Crippen LogP contribution in [0.1, 0.15) is 5.56 Å². The predicted molar refractivity (Wildman–Crippen MR) is 106 cm³/mol. The number of fused-ring (bicyclic) bond motifs is 1. The highest BCUT2D eigenvalue weighted by Crippen LogP contribution is 2.28. The summed E-state index contributed by atoms with van der Waals surface area (Å²) in [5.74, 6) is 1.20. The molecule has 0 spiro atoms. The molecule has 1 amide bonds. The standard InChI is InChI=1S/C21H20N2O5/c1-26-17-8-6-15-11-18(9-7-14(15)10-17)28-13-20(24)23-22-12-16-4-3-5-19(27-2)21(16)25/h3-12,25H,13H2,1-2H3,(H,23,24). The van der Waals surface area contributed by atoms with Crippen molar-refractivity contribution in [1.82, 2.24) is 5.43 Å². The van der Waals surface area contributed by atoms with Crippen molar-refractivity contribution in [3.05, 3.63) is 60.2 Å². The number of rotatable bonds is 7. The summed E-state index contributed by atoms with van der Waals surface area (Å²) < 4.78 is 15.7. The third kappa shape index (κ3) is 4.50. The highest BCUT2D eigenvalue weighted by molar-refractivity contribution is 5.87. The van der Waals surface area contributed by atoms with Gasteiger partial charge in [0.05, 0.1) is 20.4 Å². The lowest BCUT2D eigenvalue weighted by Crippen LogP contribution is -2.24. The molecule has 0 aliphatic heterocycles. The summed E-state index contributed by atoms with van der Waals surface area (Å²) in [7, 11) is 3.08. The van der Waals surface area contributed by atoms with Gasteiger partial charge in [0.1, 0.15) is 11.5 Å². The van der Waals surface area contributed by atoms with Crippen LogP contribution in [-0.2, 0) is 4.79 Å². The monoisotopic (exact) mass is 380 g/mol. The van der Waals surface area contributed by atoms with Crippen molar-refractivity contribution in [3.63, 3.8) is 0 Å². The maximum absolute atomic E-state index is 11.9. The first-order chi connectivity index (χ1) is 13.6. The number of aromatic hydroxyl groups is 1. The molecule has 0 saturated heterocycles. The van der Waals surface area contributed by atoms with Crippen LogP contribution in [0.2, 0.25) is 0 Å². The lowest BCUT2D eigenvalue weighted by atomic mass is 10.1. The van der Waals surface area contributed by atoms with Crippen molar-refractivity contribution in [2.45, 2.75) is 0 Å². The summed E-state index contributed by atoms with van der Waals surface area (Å²) in [5, 5.41) is 15.8. The van der Waals surface area contributed by atoms with Gasteiger partial charge < -0.3 is 19.3 Å². The van der Waals surface area contributed by atoms with Crippen LogP contribution in [0, 0.1) is 0 Å². The van der Waals surface area contributed by atoms with E-state index in [0.717, 1.165) is 16.5 Å². The second kappa shape index (κ2) is 8.77. The summed E-state index contributed by atoms with van der Waals surface area (Å²) in [6.07, 6.45) is 1.33. The maximum Gasteiger partial charge on any atom is 0.277 e. The van der Waals surface area contributed by atoms with Gasteiger partial charge in [0.25, 0.3) is 5.91 Å². The van der Waals surface area contributed by atoms with Gasteiger partial charge in [-0.3, -0.25) is 4.79 Å². The maximum atomic E-state index is 11.9. The summed E-state index contributed by atoms with van der Waals surface area (Å²) in [5.41, 5.74) is 2.78. The van der Waals surface area contributed by atoms with Crippen LogP contribution in [0.15, 0.2) is 59.7 Å². The van der Waals surface area contributed by atoms with E-state index in [1.165, 1.54) is 13.3 Å². The van der Waals surface area contributed by atoms with E-state index in [-0.39, 0.29) is 12.4 Å². The van der Waals surface area contributed by atoms with Crippen LogP contribution < -0.4 is 19.6 Å². The lowest BCUT2D eigenvalue weighted by Gasteiger charge is -2.08. The Labute approximate surface area is 162 Å². The van der Waals surface area contributed by atoms with Gasteiger partial charge in [-0.15, -0.1) is 0 Å². The summed E-state index contributed by atoms with van der Waals surface area (Å²) in [6, 6.07) is 16.2. The van der Waals surface area contributed by atoms with Gasteiger partial charge in [0.2, 0.25) is 0 Å². The fraction of sp³-hybridized carbons (Fsp3) is 0.143. The largest absolute Gasteiger partial charge is 0.504 e. The van der Waals surface area contributed by atoms with Gasteiger partial charge in [-0.1, -0.05) is 18.2 Å². The summed E-state index contributed by atoms with van der Waals surface area (Å²) in [6.45, 7) is -0.191. The number of nitrogens with one attached hydrogen (secondary N) is 1. The molecular weight excluding hydrogens is 360 g/mol. The van der Waals surface area contributed by atoms with Gasteiger partial charge in [-0.25, -0.2) is 5.43 Å². The van der Waals surface area contributed by atoms with Crippen LogP contribution >= 0.6 is 0 Å². The molecule has 0 saturated carbocycles. The molecule has 3 aromatic carbocycles. The molecule has 28 heavy (non-hydrogen) atoms. The first-order valence-corrected chi connectivity index (χ1v) is 8.49. The number of nitrogens with zero attached hydrogens (tertiary/aromatic N) is 1. The first kappa shape index (κ1) is 19.0. The van der Waals surface area contributed by atoms with Crippen molar-refractivity contribution in [2.75, 3.05) is 20.8 Å². The molecule has 0 radical (unpaired) electrons. The Morgan fingerprint density at radius 2 is 1.75 bits per heavy atom. The molecule has 0 fully saturated rings. The van der Waals surface area contributed by atoms with Gasteiger partial charge >= 0.3 is 0 Å². The smallest absolute Gasteiger partial charge is 0.277 e. The number of benzene rings is 3. The highest BCUT2D eigenvalue weighted by Gasteiger charge is 2.06. The van der Waals surface area contributed by atoms with E-state index in [9.17, 15) is 9.90 Å². The Balaban J connectivity index is 1.56. The number of carbonyl (C=O) groups is 1. The highest BCUT2D eigenvalue weighted by atomic mass is 16.5. The average molecular weight is 380 g/mol. The van der Waals surface area contributed by atoms with Gasteiger partial charge in [-0.2, -0.15) is 5.10 Å². The molecule has 3 rings (SSSR count). The molecule has 0 heterocycles. The van der Waals surface area contributed by atoms with Gasteiger partial charge in [0.15, 0.2) is 18.1 Å². The Hall–Kier alpha value is -3.74. The predicted octanol–water partition coefficient (Wildman–Crippen LogP) is 3.09. The van der Waals surface area contributed by atoms with Crippen molar-refractivity contribution < 1.29 is 24.1 Å². The minimum atomic E-state index is -0.423. The number of para-hydroxylation sites is 1. The van der Waals surface area contributed by atoms with Crippen LogP contribution in [0.4, 0.5) is 0 Å². The number of ether oxygens (including phenoxy) is 3. The molecule has 0 aliphatic rings. The molecule has 7 heteroatoms. The number of hydrogen-bond acceptors (Lipinski definition) is 6. The van der Waals surface area contributed by atoms with E-state index in [1.807, 2.05) is 30.3 Å². The zero-order chi connectivity index (χ0) is 19.9. The minimum Gasteiger partial charge on any atom is -0.504 e. The number of hydrogen-bond donors (Lipinski definition) is 2. The third-order valence-electron chi connectivity index (χ3n) is 4.03. The minimum absolute atomic E-state index is 0.0490. The topological polar surface area (TPSA) is 89.4 Å². The number of phenolic OH excluding ortho intramolecular Hbond substituents is 1. The lowest BCUT2D eigenvalue weighted by molar-refractivity contribution is -0.123. The first-order valence-electron chi connectivity index (χ1n) is 8.49. The zero-order valence-corrected chi connectivity index (χ0v) is 15.5. The fourth-order valence-corrected chi connectivity index (χ4v) is 2.58. The molecule has 0 aliphatic carbocycles. The van der Waals surface area contributed by atoms with Crippen LogP contribution in [0.25, 0.3) is 10.8 Å². The van der Waals surface area contributed by atoms with E-state index in [1.54, 1.807) is 31.4 Å². The number of carbonyl (C=O) groups excluding carboxylic acids is 1. The fourth-order valence-electron chi connectivity index (χ4n) is 2.58. The van der Waals surface area contributed by atoms with E-state index in [4.69, 9.17) is 14.2 Å². The van der Waals surface area contributed by atoms with Gasteiger partial charge in [-0.05, 0) is 47.2 Å². The zero-order valence-electron chi connectivity index (χ0n) is 15.5. The number of hydrazone groups is 1. The average Bonchev–Trinajstić information content (AvgIpc) is 2.73. The SMILES string of the molecule is COc1ccc2cc(OCC(=O)NN=Cc3cccc(OC)c3O)ccc2c1. The number of phenols is 1. The van der Waals surface area contributed by atoms with Crippen molar-refractivity contribution >= 4 is 22.9 Å². The van der Waals surface area contributed by atoms with Gasteiger partial charge in [0, 0.05) is 5.56 Å². The van der Waals surface area contributed by atoms with Crippen LogP contribution in [0.3, 0.4) is 0 Å². The van der Waals surface area contributed by atoms with E-state index in [2.05, 4.69) is 10.5 Å². The molecule has 2 N–H and O–H groups in total. The molecule has 0 aromatic heterocycles. The van der Waals surface area contributed by atoms with Crippen LogP contribution in [0.5, 0.6) is 23.0 Å². The van der Waals surface area contributed by atoms with Crippen LogP contribution in [-0.4, -0.2) is 38.1 Å². The molecular formula is C21H20N2O5. The number of methoxy groups -OCH3 is 2. The third-order valence-corrected chi connectivity index (χ3v) is 4.03. The normalized spacial score (nSPS) is 10.8. The van der Waals surface area contributed by atoms with Crippen molar-refractivity contribution in [2.24, 2.45) is 5.10 Å². The van der Waals surface area contributed by atoms with E-state index < -0.39 is 5.91 Å². The second-order valence-corrected chi connectivity index (χ2v) is 5.85. The molecule has 0 unspecified atom stereocenters. The Kier molecular flexibility index (Phi) is 5.96. The number of amides is 1. The van der Waals surface area contributed by atoms with Crippen molar-refractivity contribution in [1.29, 1.82) is 0 Å². The molecule has 0 atom stereocenters. The van der Waals surface area contributed by atoms with E-state index in [0.29, 0.717) is 17.1 Å². The quantitative estimate of drug-likeness (QED) is 0.486. The Morgan fingerprint density at radius 3 is 2.46 bits per heavy atom. The van der Waals surface area contributed by atoms with Crippen molar-refractivity contribution in [3.8, 4) is 23.0 Å². The Bertz CT molecular complexity index is 1020.